The third-order valence-electron chi connectivity index (χ3n) is 5.90. The summed E-state index contributed by atoms with van der Waals surface area (Å²) >= 11 is 0. The maximum absolute atomic E-state index is 13.2. The molecule has 2 aromatic rings. The third kappa shape index (κ3) is 5.04. The topological polar surface area (TPSA) is 81.8 Å². The van der Waals surface area contributed by atoms with E-state index < -0.39 is 47.5 Å². The predicted octanol–water partition coefficient (Wildman–Crippen LogP) is 3.37. The van der Waals surface area contributed by atoms with Gasteiger partial charge in [0.15, 0.2) is 0 Å². The first-order chi connectivity index (χ1) is 16.1. The van der Waals surface area contributed by atoms with Crippen molar-refractivity contribution in [1.29, 1.82) is 0 Å². The molecule has 4 amide bonds. The van der Waals surface area contributed by atoms with Crippen LogP contribution in [0.5, 0.6) is 0 Å². The lowest BCUT2D eigenvalue weighted by molar-refractivity contribution is -0.139. The quantitative estimate of drug-likeness (QED) is 0.646. The summed E-state index contributed by atoms with van der Waals surface area (Å²) in [5, 5.41) is 5.61. The molecule has 2 unspecified atom stereocenters. The molecule has 0 aromatic heterocycles. The number of piperidine rings is 1. The number of hydrogen-bond donors (Lipinski definition) is 2. The highest BCUT2D eigenvalue weighted by Gasteiger charge is 2.47. The molecule has 0 bridgehead atoms. The molecule has 2 atom stereocenters. The molecule has 11 heteroatoms. The summed E-state index contributed by atoms with van der Waals surface area (Å²) in [6.07, 6.45) is -3.27. The maximum atomic E-state index is 13.2. The lowest BCUT2D eigenvalue weighted by Gasteiger charge is -2.46. The van der Waals surface area contributed by atoms with Crippen molar-refractivity contribution in [2.75, 3.05) is 18.4 Å². The number of hydrogen-bond acceptors (Lipinski definition) is 4. The van der Waals surface area contributed by atoms with Gasteiger partial charge in [0, 0.05) is 5.69 Å². The van der Waals surface area contributed by atoms with Crippen LogP contribution in [0.3, 0.4) is 0 Å². The van der Waals surface area contributed by atoms with E-state index in [1.807, 2.05) is 0 Å². The first kappa shape index (κ1) is 23.7. The summed E-state index contributed by atoms with van der Waals surface area (Å²) in [4.78, 5) is 41.3. The van der Waals surface area contributed by atoms with E-state index in [0.29, 0.717) is 24.9 Å². The van der Waals surface area contributed by atoms with E-state index in [2.05, 4.69) is 10.6 Å². The summed E-state index contributed by atoms with van der Waals surface area (Å²) in [5.74, 6) is -1.47. The molecule has 2 fully saturated rings. The molecule has 0 aliphatic carbocycles. The molecule has 0 spiro atoms. The second kappa shape index (κ2) is 9.41. The molecule has 4 rings (SSSR count). The summed E-state index contributed by atoms with van der Waals surface area (Å²) in [5.41, 5.74) is -0.144. The SMILES string of the molecule is O=C(CN1C(=O)N(Cc2ccc(F)cc2)C(=O)C2NCCCC21)Nc1ccc(C(F)(F)F)cc1. The van der Waals surface area contributed by atoms with Crippen LogP contribution in [0.2, 0.25) is 0 Å². The van der Waals surface area contributed by atoms with E-state index in [1.165, 1.54) is 29.2 Å². The predicted molar refractivity (Wildman–Crippen MR) is 114 cm³/mol. The molecule has 2 aliphatic heterocycles. The Morgan fingerprint density at radius 3 is 2.38 bits per heavy atom. The number of fused-ring (bicyclic) bond motifs is 1. The molecule has 0 radical (unpaired) electrons. The Morgan fingerprint density at radius 2 is 1.74 bits per heavy atom. The number of benzene rings is 2. The number of amides is 4. The highest BCUT2D eigenvalue weighted by atomic mass is 19.4. The van der Waals surface area contributed by atoms with E-state index in [-0.39, 0.29) is 18.8 Å². The van der Waals surface area contributed by atoms with Gasteiger partial charge in [0.1, 0.15) is 18.4 Å². The molecule has 2 heterocycles. The van der Waals surface area contributed by atoms with Crippen molar-refractivity contribution in [3.63, 3.8) is 0 Å². The zero-order valence-electron chi connectivity index (χ0n) is 17.9. The van der Waals surface area contributed by atoms with Gasteiger partial charge < -0.3 is 15.5 Å². The highest BCUT2D eigenvalue weighted by molar-refractivity contribution is 6.02. The van der Waals surface area contributed by atoms with Crippen molar-refractivity contribution in [2.24, 2.45) is 0 Å². The second-order valence-corrected chi connectivity index (χ2v) is 8.23. The Bertz CT molecular complexity index is 1070. The van der Waals surface area contributed by atoms with Gasteiger partial charge in [-0.15, -0.1) is 0 Å². The fraction of sp³-hybridized carbons (Fsp3) is 0.348. The van der Waals surface area contributed by atoms with Gasteiger partial charge >= 0.3 is 12.2 Å². The standard InChI is InChI=1S/C23H22F4N4O3/c24-16-7-3-14(4-8-16)12-31-21(33)20-18(2-1-11-28-20)30(22(31)34)13-19(32)29-17-9-5-15(6-10-17)23(25,26)27/h3-10,18,20,28H,1-2,11-13H2,(H,29,32). The number of carbonyl (C=O) groups excluding carboxylic acids is 3. The van der Waals surface area contributed by atoms with Crippen molar-refractivity contribution >= 4 is 23.5 Å². The smallest absolute Gasteiger partial charge is 0.325 e. The van der Waals surface area contributed by atoms with Gasteiger partial charge in [-0.05, 0) is 61.3 Å². The molecule has 7 nitrogen and oxygen atoms in total. The molecule has 34 heavy (non-hydrogen) atoms. The van der Waals surface area contributed by atoms with Crippen LogP contribution >= 0.6 is 0 Å². The zero-order valence-corrected chi connectivity index (χ0v) is 17.9. The number of rotatable bonds is 5. The van der Waals surface area contributed by atoms with Gasteiger partial charge in [0.05, 0.1) is 18.2 Å². The number of nitrogens with zero attached hydrogens (tertiary/aromatic N) is 2. The number of alkyl halides is 3. The summed E-state index contributed by atoms with van der Waals surface area (Å²) in [6.45, 7) is 0.118. The van der Waals surface area contributed by atoms with E-state index >= 15 is 0 Å². The molecule has 180 valence electrons. The van der Waals surface area contributed by atoms with E-state index in [0.717, 1.165) is 29.2 Å². The fourth-order valence-corrected chi connectivity index (χ4v) is 4.22. The third-order valence-corrected chi connectivity index (χ3v) is 5.90. The average molecular weight is 478 g/mol. The van der Waals surface area contributed by atoms with Gasteiger partial charge in [-0.25, -0.2) is 9.18 Å². The summed E-state index contributed by atoms with van der Waals surface area (Å²) in [7, 11) is 0. The molecule has 0 saturated carbocycles. The minimum atomic E-state index is -4.49. The molecular formula is C23H22F4N4O3. The first-order valence-electron chi connectivity index (χ1n) is 10.7. The first-order valence-corrected chi connectivity index (χ1v) is 10.7. The Morgan fingerprint density at radius 1 is 1.06 bits per heavy atom. The van der Waals surface area contributed by atoms with E-state index in [1.54, 1.807) is 0 Å². The molecule has 2 N–H and O–H groups in total. The number of carbonyl (C=O) groups is 3. The van der Waals surface area contributed by atoms with Crippen molar-refractivity contribution < 1.29 is 31.9 Å². The number of anilines is 1. The normalized spacial score (nSPS) is 20.8. The minimum absolute atomic E-state index is 0.0835. The van der Waals surface area contributed by atoms with Gasteiger partial charge in [-0.2, -0.15) is 13.2 Å². The van der Waals surface area contributed by atoms with Gasteiger partial charge in [0.25, 0.3) is 0 Å². The van der Waals surface area contributed by atoms with Gasteiger partial charge in [-0.3, -0.25) is 14.5 Å². The van der Waals surface area contributed by atoms with E-state index in [4.69, 9.17) is 0 Å². The second-order valence-electron chi connectivity index (χ2n) is 8.23. The van der Waals surface area contributed by atoms with Crippen LogP contribution in [0.1, 0.15) is 24.0 Å². The van der Waals surface area contributed by atoms with Crippen LogP contribution in [-0.2, 0) is 22.3 Å². The number of imide groups is 1. The largest absolute Gasteiger partial charge is 0.416 e. The van der Waals surface area contributed by atoms with E-state index in [9.17, 15) is 31.9 Å². The molecule has 2 aliphatic rings. The zero-order chi connectivity index (χ0) is 24.5. The average Bonchev–Trinajstić information content (AvgIpc) is 2.80. The van der Waals surface area contributed by atoms with Crippen molar-refractivity contribution in [2.45, 2.75) is 37.6 Å². The molecule has 2 aromatic carbocycles. The van der Waals surface area contributed by atoms with Crippen molar-refractivity contribution in [1.82, 2.24) is 15.1 Å². The Hall–Kier alpha value is -3.47. The van der Waals surface area contributed by atoms with Crippen molar-refractivity contribution in [3.8, 4) is 0 Å². The van der Waals surface area contributed by atoms with Crippen LogP contribution < -0.4 is 10.6 Å². The minimum Gasteiger partial charge on any atom is -0.325 e. The van der Waals surface area contributed by atoms with Crippen LogP contribution in [0.15, 0.2) is 48.5 Å². The van der Waals surface area contributed by atoms with Crippen molar-refractivity contribution in [3.05, 3.63) is 65.5 Å². The maximum Gasteiger partial charge on any atom is 0.416 e. The van der Waals surface area contributed by atoms with Crippen LogP contribution in [0, 0.1) is 5.82 Å². The van der Waals surface area contributed by atoms with Crippen LogP contribution in [0.25, 0.3) is 0 Å². The monoisotopic (exact) mass is 478 g/mol. The van der Waals surface area contributed by atoms with Gasteiger partial charge in [-0.1, -0.05) is 12.1 Å². The highest BCUT2D eigenvalue weighted by Crippen LogP contribution is 2.30. The Labute approximate surface area is 192 Å². The fourth-order valence-electron chi connectivity index (χ4n) is 4.22. The summed E-state index contributed by atoms with van der Waals surface area (Å²) < 4.78 is 51.5. The molecule has 2 saturated heterocycles. The van der Waals surface area contributed by atoms with Gasteiger partial charge in [0.2, 0.25) is 11.8 Å². The van der Waals surface area contributed by atoms with Crippen LogP contribution in [-0.4, -0.2) is 52.8 Å². The number of urea groups is 1. The lowest BCUT2D eigenvalue weighted by Crippen LogP contribution is -2.70. The van der Waals surface area contributed by atoms with Crippen LogP contribution in [0.4, 0.5) is 28.0 Å². The Balaban J connectivity index is 1.50. The number of halogens is 4. The number of nitrogens with one attached hydrogen (secondary N) is 2. The lowest BCUT2D eigenvalue weighted by atomic mass is 9.93. The summed E-state index contributed by atoms with van der Waals surface area (Å²) in [6, 6.07) is 7.50. The molecular weight excluding hydrogens is 456 g/mol. The Kier molecular flexibility index (Phi) is 6.56.